The first-order valence-corrected chi connectivity index (χ1v) is 6.79. The average molecular weight is 317 g/mol. The number of benzene rings is 1. The van der Waals surface area contributed by atoms with Gasteiger partial charge in [-0.3, -0.25) is 4.79 Å². The molecule has 0 amide bonds. The van der Waals surface area contributed by atoms with E-state index in [4.69, 9.17) is 31.3 Å². The number of esters is 1. The highest BCUT2D eigenvalue weighted by Gasteiger charge is 2.12. The maximum atomic E-state index is 11.8. The zero-order valence-corrected chi connectivity index (χ0v) is 12.3. The molecule has 0 radical (unpaired) electrons. The topological polar surface area (TPSA) is 93.1 Å². The van der Waals surface area contributed by atoms with Gasteiger partial charge in [0, 0.05) is 18.4 Å². The molecule has 2 N–H and O–H groups in total. The SMILES string of the molecule is CCOC(=O)COc1ccc(C(=O)CCC(O)O)cc1Cl. The third kappa shape index (κ3) is 6.12. The third-order valence-electron chi connectivity index (χ3n) is 2.53. The summed E-state index contributed by atoms with van der Waals surface area (Å²) in [4.78, 5) is 22.9. The Morgan fingerprint density at radius 3 is 2.62 bits per heavy atom. The summed E-state index contributed by atoms with van der Waals surface area (Å²) >= 11 is 5.97. The summed E-state index contributed by atoms with van der Waals surface area (Å²) in [5.41, 5.74) is 0.337. The molecule has 0 bridgehead atoms. The first-order valence-electron chi connectivity index (χ1n) is 6.41. The molecule has 0 spiro atoms. The number of Topliss-reactive ketones (excluding diaryl/α,β-unsaturated/α-hetero) is 1. The van der Waals surface area contributed by atoms with Gasteiger partial charge in [-0.25, -0.2) is 4.79 Å². The van der Waals surface area contributed by atoms with Gasteiger partial charge in [-0.2, -0.15) is 0 Å². The van der Waals surface area contributed by atoms with Crippen molar-refractivity contribution in [2.45, 2.75) is 26.1 Å². The molecule has 6 nitrogen and oxygen atoms in total. The second-order valence-electron chi connectivity index (χ2n) is 4.18. The molecule has 1 aromatic rings. The predicted molar refractivity (Wildman–Crippen MR) is 75.4 cm³/mol. The van der Waals surface area contributed by atoms with Gasteiger partial charge in [0.05, 0.1) is 11.6 Å². The van der Waals surface area contributed by atoms with Crippen molar-refractivity contribution in [3.63, 3.8) is 0 Å². The molecule has 0 heterocycles. The number of hydrogen-bond donors (Lipinski definition) is 2. The Hall–Kier alpha value is -1.63. The van der Waals surface area contributed by atoms with Crippen molar-refractivity contribution < 1.29 is 29.3 Å². The summed E-state index contributed by atoms with van der Waals surface area (Å²) in [6.07, 6.45) is -1.56. The van der Waals surface area contributed by atoms with Crippen LogP contribution < -0.4 is 4.74 Å². The molecule has 0 unspecified atom stereocenters. The summed E-state index contributed by atoms with van der Waals surface area (Å²) in [7, 11) is 0. The van der Waals surface area contributed by atoms with Crippen LogP contribution >= 0.6 is 11.6 Å². The lowest BCUT2D eigenvalue weighted by Crippen LogP contribution is -2.14. The van der Waals surface area contributed by atoms with Crippen LogP contribution in [0.5, 0.6) is 5.75 Å². The lowest BCUT2D eigenvalue weighted by atomic mass is 10.1. The first kappa shape index (κ1) is 17.4. The number of aliphatic hydroxyl groups is 2. The van der Waals surface area contributed by atoms with Crippen molar-refractivity contribution in [2.75, 3.05) is 13.2 Å². The lowest BCUT2D eigenvalue weighted by Gasteiger charge is -2.09. The van der Waals surface area contributed by atoms with Gasteiger partial charge in [0.25, 0.3) is 0 Å². The molecule has 1 aromatic carbocycles. The van der Waals surface area contributed by atoms with Gasteiger partial charge in [0.15, 0.2) is 18.7 Å². The van der Waals surface area contributed by atoms with Crippen molar-refractivity contribution in [2.24, 2.45) is 0 Å². The van der Waals surface area contributed by atoms with E-state index >= 15 is 0 Å². The Kier molecular flexibility index (Phi) is 7.14. The predicted octanol–water partition coefficient (Wildman–Crippen LogP) is 1.56. The van der Waals surface area contributed by atoms with E-state index in [0.717, 1.165) is 0 Å². The number of carbonyl (C=O) groups is 2. The van der Waals surface area contributed by atoms with Crippen molar-refractivity contribution in [3.8, 4) is 5.75 Å². The molecule has 0 aliphatic heterocycles. The Balaban J connectivity index is 2.63. The number of ketones is 1. The zero-order chi connectivity index (χ0) is 15.8. The molecule has 21 heavy (non-hydrogen) atoms. The molecule has 0 fully saturated rings. The number of halogens is 1. The quantitative estimate of drug-likeness (QED) is 0.429. The number of hydrogen-bond acceptors (Lipinski definition) is 6. The number of carbonyl (C=O) groups excluding carboxylic acids is 2. The molecule has 1 rings (SSSR count). The second-order valence-corrected chi connectivity index (χ2v) is 4.59. The highest BCUT2D eigenvalue weighted by atomic mass is 35.5. The molecule has 0 saturated carbocycles. The highest BCUT2D eigenvalue weighted by Crippen LogP contribution is 2.26. The summed E-state index contributed by atoms with van der Waals surface area (Å²) in [6, 6.07) is 4.39. The molecule has 0 aliphatic carbocycles. The van der Waals surface area contributed by atoms with E-state index in [1.807, 2.05) is 0 Å². The number of rotatable bonds is 8. The largest absolute Gasteiger partial charge is 0.480 e. The van der Waals surface area contributed by atoms with E-state index < -0.39 is 12.3 Å². The van der Waals surface area contributed by atoms with Gasteiger partial charge in [-0.15, -0.1) is 0 Å². The van der Waals surface area contributed by atoms with Crippen LogP contribution in [-0.2, 0) is 9.53 Å². The van der Waals surface area contributed by atoms with E-state index in [9.17, 15) is 9.59 Å². The monoisotopic (exact) mass is 316 g/mol. The van der Waals surface area contributed by atoms with Crippen LogP contribution in [0, 0.1) is 0 Å². The maximum absolute atomic E-state index is 11.8. The van der Waals surface area contributed by atoms with Crippen LogP contribution in [0.15, 0.2) is 18.2 Å². The van der Waals surface area contributed by atoms with E-state index in [2.05, 4.69) is 0 Å². The van der Waals surface area contributed by atoms with Crippen LogP contribution in [0.3, 0.4) is 0 Å². The minimum Gasteiger partial charge on any atom is -0.480 e. The lowest BCUT2D eigenvalue weighted by molar-refractivity contribution is -0.145. The van der Waals surface area contributed by atoms with Crippen molar-refractivity contribution >= 4 is 23.4 Å². The molecule has 0 aromatic heterocycles. The van der Waals surface area contributed by atoms with E-state index in [-0.39, 0.29) is 42.6 Å². The van der Waals surface area contributed by atoms with Gasteiger partial charge >= 0.3 is 5.97 Å². The Labute approximate surface area is 127 Å². The van der Waals surface area contributed by atoms with Crippen molar-refractivity contribution in [1.29, 1.82) is 0 Å². The smallest absolute Gasteiger partial charge is 0.344 e. The molecule has 0 aliphatic rings. The van der Waals surface area contributed by atoms with Crippen LogP contribution in [0.1, 0.15) is 30.1 Å². The number of ether oxygens (including phenoxy) is 2. The molecular weight excluding hydrogens is 300 g/mol. The fraction of sp³-hybridized carbons (Fsp3) is 0.429. The number of aliphatic hydroxyl groups excluding tert-OH is 1. The van der Waals surface area contributed by atoms with Crippen molar-refractivity contribution in [1.82, 2.24) is 0 Å². The minimum absolute atomic E-state index is 0.00295. The van der Waals surface area contributed by atoms with E-state index in [1.54, 1.807) is 6.92 Å². The Morgan fingerprint density at radius 2 is 2.05 bits per heavy atom. The summed E-state index contributed by atoms with van der Waals surface area (Å²) in [6.45, 7) is 1.69. The van der Waals surface area contributed by atoms with Crippen LogP contribution in [0.25, 0.3) is 0 Å². The standard InChI is InChI=1S/C14H17ClO6/c1-2-20-14(19)8-21-12-5-3-9(7-10(12)15)11(16)4-6-13(17)18/h3,5,7,13,17-18H,2,4,6,8H2,1H3. The maximum Gasteiger partial charge on any atom is 0.344 e. The molecule has 0 atom stereocenters. The summed E-state index contributed by atoms with van der Waals surface area (Å²) in [5.74, 6) is -0.504. The van der Waals surface area contributed by atoms with Crippen molar-refractivity contribution in [3.05, 3.63) is 28.8 Å². The van der Waals surface area contributed by atoms with E-state index in [1.165, 1.54) is 18.2 Å². The van der Waals surface area contributed by atoms with Crippen LogP contribution in [0.4, 0.5) is 0 Å². The van der Waals surface area contributed by atoms with Crippen LogP contribution in [-0.4, -0.2) is 41.5 Å². The molecular formula is C14H17ClO6. The van der Waals surface area contributed by atoms with Gasteiger partial charge in [0.2, 0.25) is 0 Å². The fourth-order valence-corrected chi connectivity index (χ4v) is 1.77. The molecule has 0 saturated heterocycles. The van der Waals surface area contributed by atoms with E-state index in [0.29, 0.717) is 5.56 Å². The normalized spacial score (nSPS) is 10.5. The average Bonchev–Trinajstić information content (AvgIpc) is 2.43. The molecule has 116 valence electrons. The Morgan fingerprint density at radius 1 is 1.33 bits per heavy atom. The molecule has 7 heteroatoms. The van der Waals surface area contributed by atoms with Gasteiger partial charge in [-0.05, 0) is 25.1 Å². The highest BCUT2D eigenvalue weighted by molar-refractivity contribution is 6.32. The van der Waals surface area contributed by atoms with Gasteiger partial charge < -0.3 is 19.7 Å². The fourth-order valence-electron chi connectivity index (χ4n) is 1.54. The summed E-state index contributed by atoms with van der Waals surface area (Å²) in [5, 5.41) is 17.6. The third-order valence-corrected chi connectivity index (χ3v) is 2.83. The summed E-state index contributed by atoms with van der Waals surface area (Å²) < 4.78 is 9.90. The zero-order valence-electron chi connectivity index (χ0n) is 11.5. The van der Waals surface area contributed by atoms with Gasteiger partial charge in [0.1, 0.15) is 5.75 Å². The second kappa shape index (κ2) is 8.61. The van der Waals surface area contributed by atoms with Gasteiger partial charge in [-0.1, -0.05) is 11.6 Å². The minimum atomic E-state index is -1.52. The first-order chi connectivity index (χ1) is 9.93. The van der Waals surface area contributed by atoms with Crippen LogP contribution in [0.2, 0.25) is 5.02 Å². The Bertz CT molecular complexity index is 500.